The molecule has 0 unspecified atom stereocenters. The molecule has 0 aromatic heterocycles. The van der Waals surface area contributed by atoms with Gasteiger partial charge in [-0.3, -0.25) is 4.79 Å². The standard InChI is InChI=1S/C21H23NO4/c23-12-10-18-3-1-2-11-22(18)21(24)16-6-4-15(5-7-16)17-8-9-19-20(13-17)26-14-25-19/h4-9,13,18,23H,1-3,10-12,14H2/t18-/m0/s1. The first-order chi connectivity index (χ1) is 12.8. The highest BCUT2D eigenvalue weighted by molar-refractivity contribution is 5.95. The van der Waals surface area contributed by atoms with Crippen molar-refractivity contribution in [2.45, 2.75) is 31.7 Å². The number of hydrogen-bond acceptors (Lipinski definition) is 4. The van der Waals surface area contributed by atoms with E-state index in [0.29, 0.717) is 12.0 Å². The van der Waals surface area contributed by atoms with Crippen LogP contribution in [0.2, 0.25) is 0 Å². The number of aliphatic hydroxyl groups is 1. The number of likely N-dealkylation sites (tertiary alicyclic amines) is 1. The second-order valence-electron chi connectivity index (χ2n) is 6.81. The highest BCUT2D eigenvalue weighted by Gasteiger charge is 2.27. The summed E-state index contributed by atoms with van der Waals surface area (Å²) in [5.41, 5.74) is 2.76. The molecule has 1 saturated heterocycles. The monoisotopic (exact) mass is 353 g/mol. The lowest BCUT2D eigenvalue weighted by Gasteiger charge is -2.35. The molecule has 0 radical (unpaired) electrons. The van der Waals surface area contributed by atoms with Crippen LogP contribution in [0.25, 0.3) is 11.1 Å². The lowest BCUT2D eigenvalue weighted by Crippen LogP contribution is -2.44. The predicted octanol–water partition coefficient (Wildman–Crippen LogP) is 3.46. The van der Waals surface area contributed by atoms with Crippen LogP contribution in [0.1, 0.15) is 36.0 Å². The number of piperidine rings is 1. The molecular weight excluding hydrogens is 330 g/mol. The van der Waals surface area contributed by atoms with Gasteiger partial charge in [0.1, 0.15) is 0 Å². The average molecular weight is 353 g/mol. The Hall–Kier alpha value is -2.53. The van der Waals surface area contributed by atoms with Crippen molar-refractivity contribution >= 4 is 5.91 Å². The number of nitrogens with zero attached hydrogens (tertiary/aromatic N) is 1. The van der Waals surface area contributed by atoms with E-state index in [-0.39, 0.29) is 25.3 Å². The van der Waals surface area contributed by atoms with Crippen molar-refractivity contribution in [1.82, 2.24) is 4.90 Å². The first-order valence-corrected chi connectivity index (χ1v) is 9.18. The number of carbonyl (C=O) groups excluding carboxylic acids is 1. The van der Waals surface area contributed by atoms with E-state index in [1.54, 1.807) is 0 Å². The molecule has 5 heteroatoms. The molecule has 136 valence electrons. The van der Waals surface area contributed by atoms with Crippen molar-refractivity contribution in [1.29, 1.82) is 0 Å². The quantitative estimate of drug-likeness (QED) is 0.914. The van der Waals surface area contributed by atoms with Gasteiger partial charge in [-0.1, -0.05) is 18.2 Å². The summed E-state index contributed by atoms with van der Waals surface area (Å²) in [5, 5.41) is 9.26. The van der Waals surface area contributed by atoms with Crippen molar-refractivity contribution in [3.8, 4) is 22.6 Å². The maximum Gasteiger partial charge on any atom is 0.254 e. The summed E-state index contributed by atoms with van der Waals surface area (Å²) >= 11 is 0. The number of carbonyl (C=O) groups is 1. The van der Waals surface area contributed by atoms with Gasteiger partial charge in [-0.2, -0.15) is 0 Å². The van der Waals surface area contributed by atoms with E-state index in [9.17, 15) is 9.90 Å². The van der Waals surface area contributed by atoms with Crippen molar-refractivity contribution in [3.63, 3.8) is 0 Å². The predicted molar refractivity (Wildman–Crippen MR) is 98.4 cm³/mol. The van der Waals surface area contributed by atoms with Gasteiger partial charge in [-0.25, -0.2) is 0 Å². The minimum atomic E-state index is 0.0559. The average Bonchev–Trinajstić information content (AvgIpc) is 3.16. The lowest BCUT2D eigenvalue weighted by molar-refractivity contribution is 0.0574. The van der Waals surface area contributed by atoms with Gasteiger partial charge in [0.15, 0.2) is 11.5 Å². The molecule has 1 amide bonds. The molecule has 1 atom stereocenters. The number of benzene rings is 2. The highest BCUT2D eigenvalue weighted by atomic mass is 16.7. The first kappa shape index (κ1) is 16.9. The molecule has 1 N–H and O–H groups in total. The van der Waals surface area contributed by atoms with E-state index in [0.717, 1.165) is 48.4 Å². The second-order valence-corrected chi connectivity index (χ2v) is 6.81. The Bertz CT molecular complexity index is 785. The topological polar surface area (TPSA) is 59.0 Å². The largest absolute Gasteiger partial charge is 0.454 e. The van der Waals surface area contributed by atoms with Gasteiger partial charge in [-0.15, -0.1) is 0 Å². The van der Waals surface area contributed by atoms with Crippen LogP contribution in [0.4, 0.5) is 0 Å². The molecule has 26 heavy (non-hydrogen) atoms. The molecule has 4 rings (SSSR count). The zero-order chi connectivity index (χ0) is 17.9. The molecule has 1 fully saturated rings. The minimum absolute atomic E-state index is 0.0559. The van der Waals surface area contributed by atoms with Gasteiger partial charge in [-0.05, 0) is 61.1 Å². The Morgan fingerprint density at radius 3 is 2.62 bits per heavy atom. The van der Waals surface area contributed by atoms with Crippen LogP contribution in [0.5, 0.6) is 11.5 Å². The third kappa shape index (κ3) is 3.27. The zero-order valence-electron chi connectivity index (χ0n) is 14.7. The Kier molecular flexibility index (Phi) is 4.80. The Morgan fingerprint density at radius 2 is 1.81 bits per heavy atom. The number of rotatable bonds is 4. The van der Waals surface area contributed by atoms with Gasteiger partial charge >= 0.3 is 0 Å². The van der Waals surface area contributed by atoms with Crippen LogP contribution in [0.3, 0.4) is 0 Å². The molecule has 0 aliphatic carbocycles. The summed E-state index contributed by atoms with van der Waals surface area (Å²) in [5.74, 6) is 1.57. The molecule has 5 nitrogen and oxygen atoms in total. The summed E-state index contributed by atoms with van der Waals surface area (Å²) < 4.78 is 10.8. The summed E-state index contributed by atoms with van der Waals surface area (Å²) in [6, 6.07) is 13.7. The van der Waals surface area contributed by atoms with Gasteiger partial charge < -0.3 is 19.5 Å². The maximum atomic E-state index is 12.9. The Morgan fingerprint density at radius 1 is 1.04 bits per heavy atom. The molecule has 2 aromatic rings. The van der Waals surface area contributed by atoms with E-state index in [4.69, 9.17) is 9.47 Å². The number of aliphatic hydroxyl groups excluding tert-OH is 1. The normalized spacial score (nSPS) is 18.8. The van der Waals surface area contributed by atoms with Crippen LogP contribution in [0.15, 0.2) is 42.5 Å². The van der Waals surface area contributed by atoms with Crippen molar-refractivity contribution in [3.05, 3.63) is 48.0 Å². The van der Waals surface area contributed by atoms with Crippen LogP contribution >= 0.6 is 0 Å². The third-order valence-corrected chi connectivity index (χ3v) is 5.19. The van der Waals surface area contributed by atoms with Crippen molar-refractivity contribution in [2.24, 2.45) is 0 Å². The summed E-state index contributed by atoms with van der Waals surface area (Å²) in [7, 11) is 0. The summed E-state index contributed by atoms with van der Waals surface area (Å²) in [4.78, 5) is 14.8. The fourth-order valence-corrected chi connectivity index (χ4v) is 3.76. The SMILES string of the molecule is O=C(c1ccc(-c2ccc3c(c2)OCO3)cc1)N1CCCC[C@H]1CCO. The number of hydrogen-bond donors (Lipinski definition) is 1. The number of ether oxygens (including phenoxy) is 2. The third-order valence-electron chi connectivity index (χ3n) is 5.19. The smallest absolute Gasteiger partial charge is 0.254 e. The fourth-order valence-electron chi connectivity index (χ4n) is 3.76. The van der Waals surface area contributed by atoms with Gasteiger partial charge in [0.25, 0.3) is 5.91 Å². The fraction of sp³-hybridized carbons (Fsp3) is 0.381. The van der Waals surface area contributed by atoms with E-state index < -0.39 is 0 Å². The lowest BCUT2D eigenvalue weighted by atomic mass is 9.97. The molecule has 2 aliphatic heterocycles. The van der Waals surface area contributed by atoms with Gasteiger partial charge in [0.2, 0.25) is 6.79 Å². The van der Waals surface area contributed by atoms with E-state index in [1.165, 1.54) is 0 Å². The minimum Gasteiger partial charge on any atom is -0.454 e. The maximum absolute atomic E-state index is 12.9. The number of amides is 1. The zero-order valence-corrected chi connectivity index (χ0v) is 14.7. The van der Waals surface area contributed by atoms with Gasteiger partial charge in [0, 0.05) is 24.8 Å². The summed E-state index contributed by atoms with van der Waals surface area (Å²) in [6.07, 6.45) is 3.78. The van der Waals surface area contributed by atoms with E-state index >= 15 is 0 Å². The molecule has 2 aromatic carbocycles. The van der Waals surface area contributed by atoms with Gasteiger partial charge in [0.05, 0.1) is 0 Å². The van der Waals surface area contributed by atoms with E-state index in [1.807, 2.05) is 47.4 Å². The Labute approximate surface area is 153 Å². The molecule has 2 heterocycles. The molecule has 2 aliphatic rings. The van der Waals surface area contributed by atoms with Crippen LogP contribution < -0.4 is 9.47 Å². The molecule has 0 saturated carbocycles. The summed E-state index contributed by atoms with van der Waals surface area (Å²) in [6.45, 7) is 1.15. The van der Waals surface area contributed by atoms with Crippen LogP contribution in [0, 0.1) is 0 Å². The van der Waals surface area contributed by atoms with E-state index in [2.05, 4.69) is 0 Å². The van der Waals surface area contributed by atoms with Crippen LogP contribution in [-0.4, -0.2) is 41.9 Å². The highest BCUT2D eigenvalue weighted by Crippen LogP contribution is 2.36. The van der Waals surface area contributed by atoms with Crippen LogP contribution in [-0.2, 0) is 0 Å². The molecule has 0 spiro atoms. The molecule has 0 bridgehead atoms. The molecular formula is C21H23NO4. The number of fused-ring (bicyclic) bond motifs is 1. The van der Waals surface area contributed by atoms with Crippen molar-refractivity contribution < 1.29 is 19.4 Å². The van der Waals surface area contributed by atoms with Crippen molar-refractivity contribution in [2.75, 3.05) is 19.9 Å². The second kappa shape index (κ2) is 7.38. The Balaban J connectivity index is 1.52. The first-order valence-electron chi connectivity index (χ1n) is 9.18.